The summed E-state index contributed by atoms with van der Waals surface area (Å²) in [6.45, 7) is -0.138. The van der Waals surface area contributed by atoms with E-state index in [2.05, 4.69) is 10.3 Å². The second kappa shape index (κ2) is 7.77. The first kappa shape index (κ1) is 21.8. The zero-order valence-electron chi connectivity index (χ0n) is 17.1. The zero-order chi connectivity index (χ0) is 24.2. The molecule has 1 amide bonds. The third-order valence-corrected chi connectivity index (χ3v) is 5.59. The van der Waals surface area contributed by atoms with E-state index in [1.165, 1.54) is 36.4 Å². The van der Waals surface area contributed by atoms with Gasteiger partial charge in [0.15, 0.2) is 6.61 Å². The van der Waals surface area contributed by atoms with Crippen molar-refractivity contribution in [3.63, 3.8) is 0 Å². The predicted octanol–water partition coefficient (Wildman–Crippen LogP) is 4.64. The Morgan fingerprint density at radius 1 is 1.06 bits per heavy atom. The maximum atomic E-state index is 13.7. The first-order chi connectivity index (χ1) is 16.1. The van der Waals surface area contributed by atoms with E-state index in [0.29, 0.717) is 22.0 Å². The molecule has 1 aliphatic heterocycles. The SMILES string of the molecule is Nc1c(-c2ccc3c(c2)NC(=O)CO3)c(=O)n(-c2ccc(Cl)cc2)c2nc(C(F)(F)F)ccc12. The number of ether oxygens (including phenoxy) is 1. The summed E-state index contributed by atoms with van der Waals surface area (Å²) < 4.78 is 46.6. The molecule has 1 aliphatic rings. The first-order valence-corrected chi connectivity index (χ1v) is 10.3. The van der Waals surface area contributed by atoms with Crippen LogP contribution in [0.25, 0.3) is 27.8 Å². The van der Waals surface area contributed by atoms with E-state index in [1.54, 1.807) is 12.1 Å². The second-order valence-corrected chi connectivity index (χ2v) is 7.96. The third-order valence-electron chi connectivity index (χ3n) is 5.34. The fourth-order valence-corrected chi connectivity index (χ4v) is 3.92. The van der Waals surface area contributed by atoms with Crippen LogP contribution in [0.3, 0.4) is 0 Å². The van der Waals surface area contributed by atoms with Gasteiger partial charge in [-0.15, -0.1) is 0 Å². The molecule has 34 heavy (non-hydrogen) atoms. The number of hydrogen-bond acceptors (Lipinski definition) is 5. The smallest absolute Gasteiger partial charge is 0.433 e. The lowest BCUT2D eigenvalue weighted by Crippen LogP contribution is -2.26. The molecule has 0 atom stereocenters. The van der Waals surface area contributed by atoms with Crippen LogP contribution >= 0.6 is 11.6 Å². The van der Waals surface area contributed by atoms with Crippen LogP contribution in [0, 0.1) is 0 Å². The number of nitrogens with two attached hydrogens (primary N) is 1. The molecule has 0 aliphatic carbocycles. The average molecular weight is 487 g/mol. The predicted molar refractivity (Wildman–Crippen MR) is 121 cm³/mol. The van der Waals surface area contributed by atoms with Crippen molar-refractivity contribution in [2.45, 2.75) is 6.18 Å². The number of nitrogen functional groups attached to an aromatic ring is 1. The molecule has 0 fully saturated rings. The van der Waals surface area contributed by atoms with E-state index in [-0.39, 0.29) is 40.5 Å². The lowest BCUT2D eigenvalue weighted by molar-refractivity contribution is -0.141. The number of fused-ring (bicyclic) bond motifs is 2. The first-order valence-electron chi connectivity index (χ1n) is 9.89. The largest absolute Gasteiger partial charge is 0.482 e. The highest BCUT2D eigenvalue weighted by atomic mass is 35.5. The summed E-state index contributed by atoms with van der Waals surface area (Å²) in [5.41, 5.74) is 5.13. The lowest BCUT2D eigenvalue weighted by atomic mass is 10.0. The van der Waals surface area contributed by atoms with Crippen molar-refractivity contribution >= 4 is 39.9 Å². The van der Waals surface area contributed by atoms with Gasteiger partial charge in [0.2, 0.25) is 0 Å². The number of pyridine rings is 2. The van der Waals surface area contributed by atoms with Crippen molar-refractivity contribution in [3.05, 3.63) is 75.7 Å². The van der Waals surface area contributed by atoms with Crippen LogP contribution in [0.2, 0.25) is 5.02 Å². The summed E-state index contributed by atoms with van der Waals surface area (Å²) in [5, 5.41) is 3.19. The molecule has 5 rings (SSSR count). The van der Waals surface area contributed by atoms with Crippen LogP contribution in [0.4, 0.5) is 24.5 Å². The number of carbonyl (C=O) groups excluding carboxylic acids is 1. The Morgan fingerprint density at radius 3 is 2.50 bits per heavy atom. The minimum Gasteiger partial charge on any atom is -0.482 e. The topological polar surface area (TPSA) is 99.2 Å². The van der Waals surface area contributed by atoms with Gasteiger partial charge in [0.25, 0.3) is 11.5 Å². The van der Waals surface area contributed by atoms with Crippen molar-refractivity contribution in [3.8, 4) is 22.6 Å². The van der Waals surface area contributed by atoms with Gasteiger partial charge >= 0.3 is 6.18 Å². The summed E-state index contributed by atoms with van der Waals surface area (Å²) in [5.74, 6) is 0.0517. The number of carbonyl (C=O) groups is 1. The molecule has 0 unspecified atom stereocenters. The van der Waals surface area contributed by atoms with Crippen LogP contribution in [0.5, 0.6) is 5.75 Å². The Kier molecular flexibility index (Phi) is 4.98. The molecule has 3 N–H and O–H groups in total. The number of benzene rings is 2. The fourth-order valence-electron chi connectivity index (χ4n) is 3.79. The molecular weight excluding hydrogens is 473 g/mol. The van der Waals surface area contributed by atoms with E-state index >= 15 is 0 Å². The molecule has 7 nitrogen and oxygen atoms in total. The number of nitrogens with one attached hydrogen (secondary N) is 1. The molecule has 0 radical (unpaired) electrons. The Morgan fingerprint density at radius 2 is 1.79 bits per heavy atom. The van der Waals surface area contributed by atoms with E-state index in [1.807, 2.05) is 0 Å². The van der Waals surface area contributed by atoms with Crippen LogP contribution in [0.1, 0.15) is 5.69 Å². The van der Waals surface area contributed by atoms with Gasteiger partial charge in [0.05, 0.1) is 22.6 Å². The number of nitrogens with zero attached hydrogens (tertiary/aromatic N) is 2. The molecule has 172 valence electrons. The Hall–Kier alpha value is -4.05. The fraction of sp³-hybridized carbons (Fsp3) is 0.0870. The monoisotopic (exact) mass is 486 g/mol. The van der Waals surface area contributed by atoms with Gasteiger partial charge in [0, 0.05) is 10.4 Å². The minimum atomic E-state index is -4.72. The normalized spacial score (nSPS) is 13.4. The van der Waals surface area contributed by atoms with Crippen LogP contribution < -0.4 is 21.3 Å². The van der Waals surface area contributed by atoms with E-state index in [9.17, 15) is 22.8 Å². The molecular formula is C23H14ClF3N4O3. The van der Waals surface area contributed by atoms with Crippen LogP contribution in [-0.2, 0) is 11.0 Å². The van der Waals surface area contributed by atoms with Crippen molar-refractivity contribution < 1.29 is 22.7 Å². The van der Waals surface area contributed by atoms with Gasteiger partial charge in [-0.3, -0.25) is 14.2 Å². The molecule has 0 spiro atoms. The van der Waals surface area contributed by atoms with Crippen LogP contribution in [0.15, 0.2) is 59.4 Å². The van der Waals surface area contributed by atoms with Crippen molar-refractivity contribution in [2.24, 2.45) is 0 Å². The van der Waals surface area contributed by atoms with E-state index in [0.717, 1.165) is 10.6 Å². The number of alkyl halides is 3. The lowest BCUT2D eigenvalue weighted by Gasteiger charge is -2.20. The number of anilines is 2. The second-order valence-electron chi connectivity index (χ2n) is 7.52. The van der Waals surface area contributed by atoms with E-state index in [4.69, 9.17) is 22.1 Å². The maximum absolute atomic E-state index is 13.7. The quantitative estimate of drug-likeness (QED) is 0.430. The van der Waals surface area contributed by atoms with Gasteiger partial charge in [-0.25, -0.2) is 4.98 Å². The molecule has 2 aromatic carbocycles. The maximum Gasteiger partial charge on any atom is 0.433 e. The van der Waals surface area contributed by atoms with E-state index < -0.39 is 17.4 Å². The Balaban J connectivity index is 1.84. The highest BCUT2D eigenvalue weighted by Crippen LogP contribution is 2.37. The van der Waals surface area contributed by atoms with Gasteiger partial charge in [0.1, 0.15) is 17.1 Å². The third kappa shape index (κ3) is 3.61. The molecule has 0 saturated heterocycles. The Labute approximate surface area is 194 Å². The van der Waals surface area contributed by atoms with Gasteiger partial charge in [-0.2, -0.15) is 13.2 Å². The number of rotatable bonds is 2. The number of halogens is 4. The van der Waals surface area contributed by atoms with Crippen LogP contribution in [-0.4, -0.2) is 22.1 Å². The Bertz CT molecular complexity index is 1530. The summed E-state index contributed by atoms with van der Waals surface area (Å²) in [6.07, 6.45) is -4.72. The van der Waals surface area contributed by atoms with Crippen molar-refractivity contribution in [1.29, 1.82) is 0 Å². The summed E-state index contributed by atoms with van der Waals surface area (Å²) >= 11 is 5.96. The summed E-state index contributed by atoms with van der Waals surface area (Å²) in [7, 11) is 0. The molecule has 2 aromatic heterocycles. The van der Waals surface area contributed by atoms with Crippen molar-refractivity contribution in [2.75, 3.05) is 17.7 Å². The molecule has 0 bridgehead atoms. The van der Waals surface area contributed by atoms with Gasteiger partial charge in [-0.1, -0.05) is 17.7 Å². The number of hydrogen-bond donors (Lipinski definition) is 2. The molecule has 0 saturated carbocycles. The molecule has 11 heteroatoms. The average Bonchev–Trinajstić information content (AvgIpc) is 2.79. The summed E-state index contributed by atoms with van der Waals surface area (Å²) in [6, 6.07) is 12.7. The molecule has 4 aromatic rings. The van der Waals surface area contributed by atoms with Crippen molar-refractivity contribution in [1.82, 2.24) is 9.55 Å². The zero-order valence-corrected chi connectivity index (χ0v) is 17.9. The van der Waals surface area contributed by atoms with Gasteiger partial charge in [-0.05, 0) is 54.1 Å². The highest BCUT2D eigenvalue weighted by Gasteiger charge is 2.33. The molecule has 3 heterocycles. The minimum absolute atomic E-state index is 0.0339. The highest BCUT2D eigenvalue weighted by molar-refractivity contribution is 6.30. The van der Waals surface area contributed by atoms with Gasteiger partial charge < -0.3 is 15.8 Å². The number of amides is 1. The standard InChI is InChI=1S/C23H14ClF3N4O3/c24-12-2-4-13(5-3-12)31-21-14(6-8-17(30-21)23(25,26)27)20(28)19(22(31)33)11-1-7-16-15(9-11)29-18(32)10-34-16/h1-9H,10,28H2,(H,29,32). The number of aromatic nitrogens is 2. The summed E-state index contributed by atoms with van der Waals surface area (Å²) in [4.78, 5) is 29.1.